The van der Waals surface area contributed by atoms with Gasteiger partial charge in [-0.15, -0.1) is 0 Å². The average Bonchev–Trinajstić information content (AvgIpc) is 2.19. The first-order valence-electron chi connectivity index (χ1n) is 4.64. The summed E-state index contributed by atoms with van der Waals surface area (Å²) >= 11 is 3.37. The smallest absolute Gasteiger partial charge is 0.211 e. The number of benzene rings is 1. The first-order chi connectivity index (χ1) is 6.77. The van der Waals surface area contributed by atoms with Gasteiger partial charge in [-0.2, -0.15) is 4.99 Å². The Morgan fingerprint density at radius 3 is 2.86 bits per heavy atom. The van der Waals surface area contributed by atoms with Crippen LogP contribution in [0, 0.1) is 0 Å². The molecule has 14 heavy (non-hydrogen) atoms. The monoisotopic (exact) mass is 253 g/mol. The van der Waals surface area contributed by atoms with Crippen LogP contribution in [0.5, 0.6) is 0 Å². The third-order valence-corrected chi connectivity index (χ3v) is 2.63. The number of hydrogen-bond donors (Lipinski definition) is 0. The predicted molar refractivity (Wildman–Crippen MR) is 60.5 cm³/mol. The van der Waals surface area contributed by atoms with Crippen LogP contribution in [-0.4, -0.2) is 6.08 Å². The second kappa shape index (κ2) is 5.74. The Labute approximate surface area is 92.2 Å². The lowest BCUT2D eigenvalue weighted by Gasteiger charge is -2.02. The van der Waals surface area contributed by atoms with Crippen LogP contribution in [0.4, 0.5) is 5.69 Å². The molecule has 0 heterocycles. The number of unbranched alkanes of at least 4 members (excludes halogenated alkanes) is 1. The Kier molecular flexibility index (Phi) is 4.57. The molecule has 0 unspecified atom stereocenters. The number of nitrogens with zero attached hydrogens (tertiary/aromatic N) is 1. The van der Waals surface area contributed by atoms with Gasteiger partial charge in [0.25, 0.3) is 0 Å². The first-order valence-corrected chi connectivity index (χ1v) is 5.43. The van der Waals surface area contributed by atoms with E-state index < -0.39 is 0 Å². The van der Waals surface area contributed by atoms with Crippen LogP contribution >= 0.6 is 15.9 Å². The van der Waals surface area contributed by atoms with E-state index in [0.29, 0.717) is 5.69 Å². The molecule has 0 aliphatic rings. The summed E-state index contributed by atoms with van der Waals surface area (Å²) in [6.07, 6.45) is 4.97. The van der Waals surface area contributed by atoms with Crippen molar-refractivity contribution in [2.75, 3.05) is 0 Å². The molecule has 0 saturated carbocycles. The van der Waals surface area contributed by atoms with Crippen molar-refractivity contribution in [3.63, 3.8) is 0 Å². The van der Waals surface area contributed by atoms with Gasteiger partial charge in [0.15, 0.2) is 0 Å². The fourth-order valence-electron chi connectivity index (χ4n) is 1.23. The molecule has 0 fully saturated rings. The number of aliphatic imine (C=N–C) groups is 1. The van der Waals surface area contributed by atoms with E-state index in [-0.39, 0.29) is 0 Å². The van der Waals surface area contributed by atoms with Gasteiger partial charge in [-0.25, -0.2) is 4.79 Å². The molecule has 0 bridgehead atoms. The minimum absolute atomic E-state index is 0.639. The molecule has 0 atom stereocenters. The Hall–Kier alpha value is -0.920. The fourth-order valence-corrected chi connectivity index (χ4v) is 1.74. The van der Waals surface area contributed by atoms with Crippen molar-refractivity contribution < 1.29 is 4.79 Å². The Balaban J connectivity index is 2.83. The highest BCUT2D eigenvalue weighted by Gasteiger charge is 1.99. The summed E-state index contributed by atoms with van der Waals surface area (Å²) < 4.78 is 0.856. The molecule has 1 aromatic rings. The van der Waals surface area contributed by atoms with E-state index in [9.17, 15) is 4.79 Å². The van der Waals surface area contributed by atoms with Crippen molar-refractivity contribution in [1.82, 2.24) is 0 Å². The van der Waals surface area contributed by atoms with Crippen molar-refractivity contribution >= 4 is 27.7 Å². The minimum Gasteiger partial charge on any atom is -0.211 e. The summed E-state index contributed by atoms with van der Waals surface area (Å²) in [7, 11) is 0. The molecule has 0 aliphatic heterocycles. The molecule has 0 spiro atoms. The van der Waals surface area contributed by atoms with E-state index in [1.54, 1.807) is 0 Å². The number of hydrogen-bond acceptors (Lipinski definition) is 2. The third kappa shape index (κ3) is 3.09. The van der Waals surface area contributed by atoms with Gasteiger partial charge in [0.2, 0.25) is 6.08 Å². The quantitative estimate of drug-likeness (QED) is 0.594. The van der Waals surface area contributed by atoms with Crippen LogP contribution in [-0.2, 0) is 11.2 Å². The largest absolute Gasteiger partial charge is 0.240 e. The second-order valence-corrected chi connectivity index (χ2v) is 3.95. The Morgan fingerprint density at radius 2 is 2.29 bits per heavy atom. The van der Waals surface area contributed by atoms with Gasteiger partial charge in [0.1, 0.15) is 0 Å². The molecule has 1 rings (SSSR count). The summed E-state index contributed by atoms with van der Waals surface area (Å²) in [6, 6.07) is 5.84. The van der Waals surface area contributed by atoms with Gasteiger partial charge in [0.05, 0.1) is 5.69 Å². The highest BCUT2D eigenvalue weighted by Crippen LogP contribution is 2.26. The molecule has 0 N–H and O–H groups in total. The molecule has 2 nitrogen and oxygen atoms in total. The van der Waals surface area contributed by atoms with Crippen LogP contribution in [0.25, 0.3) is 0 Å². The molecule has 1 aromatic carbocycles. The van der Waals surface area contributed by atoms with E-state index in [4.69, 9.17) is 0 Å². The number of carbonyl (C=O) groups excluding carboxylic acids is 1. The molecule has 0 saturated heterocycles. The zero-order chi connectivity index (χ0) is 10.4. The lowest BCUT2D eigenvalue weighted by molar-refractivity contribution is 0.565. The van der Waals surface area contributed by atoms with E-state index in [1.165, 1.54) is 24.5 Å². The summed E-state index contributed by atoms with van der Waals surface area (Å²) in [5.74, 6) is 0. The van der Waals surface area contributed by atoms with Crippen LogP contribution in [0.2, 0.25) is 0 Å². The van der Waals surface area contributed by atoms with E-state index in [2.05, 4.69) is 27.8 Å². The summed E-state index contributed by atoms with van der Waals surface area (Å²) in [4.78, 5) is 13.6. The Morgan fingerprint density at radius 1 is 1.50 bits per heavy atom. The van der Waals surface area contributed by atoms with Crippen LogP contribution in [0.3, 0.4) is 0 Å². The molecular weight excluding hydrogens is 242 g/mol. The Bertz CT molecular complexity index is 356. The van der Waals surface area contributed by atoms with Gasteiger partial charge < -0.3 is 0 Å². The van der Waals surface area contributed by atoms with Gasteiger partial charge in [-0.3, -0.25) is 0 Å². The van der Waals surface area contributed by atoms with Crippen LogP contribution in [0.1, 0.15) is 25.3 Å². The SMILES string of the molecule is CCCCc1ccc(N=C=O)c(Br)c1. The zero-order valence-corrected chi connectivity index (χ0v) is 9.67. The maximum atomic E-state index is 10.1. The van der Waals surface area contributed by atoms with Crippen LogP contribution in [0.15, 0.2) is 27.7 Å². The number of rotatable bonds is 4. The van der Waals surface area contributed by atoms with Crippen molar-refractivity contribution in [3.8, 4) is 0 Å². The van der Waals surface area contributed by atoms with Gasteiger partial charge in [0, 0.05) is 4.47 Å². The second-order valence-electron chi connectivity index (χ2n) is 3.09. The summed E-state index contributed by atoms with van der Waals surface area (Å²) in [5.41, 5.74) is 1.91. The number of aryl methyl sites for hydroxylation is 1. The highest BCUT2D eigenvalue weighted by atomic mass is 79.9. The van der Waals surface area contributed by atoms with Gasteiger partial charge >= 0.3 is 0 Å². The maximum absolute atomic E-state index is 10.1. The van der Waals surface area contributed by atoms with Crippen molar-refractivity contribution in [2.45, 2.75) is 26.2 Å². The molecular formula is C11H12BrNO. The van der Waals surface area contributed by atoms with Crippen LogP contribution < -0.4 is 0 Å². The first kappa shape index (κ1) is 11.2. The minimum atomic E-state index is 0.639. The lowest BCUT2D eigenvalue weighted by atomic mass is 10.1. The number of halogens is 1. The lowest BCUT2D eigenvalue weighted by Crippen LogP contribution is -1.84. The van der Waals surface area contributed by atoms with Crippen molar-refractivity contribution in [2.24, 2.45) is 4.99 Å². The molecule has 74 valence electrons. The van der Waals surface area contributed by atoms with E-state index in [1.807, 2.05) is 18.2 Å². The molecule has 0 radical (unpaired) electrons. The predicted octanol–water partition coefficient (Wildman–Crippen LogP) is 3.76. The molecule has 0 aliphatic carbocycles. The van der Waals surface area contributed by atoms with Crippen molar-refractivity contribution in [1.29, 1.82) is 0 Å². The fraction of sp³-hybridized carbons (Fsp3) is 0.364. The maximum Gasteiger partial charge on any atom is 0.240 e. The van der Waals surface area contributed by atoms with E-state index in [0.717, 1.165) is 10.9 Å². The normalized spacial score (nSPS) is 9.57. The highest BCUT2D eigenvalue weighted by molar-refractivity contribution is 9.10. The molecule has 0 amide bonds. The standard InChI is InChI=1S/C11H12BrNO/c1-2-3-4-9-5-6-11(13-8-14)10(12)7-9/h5-7H,2-4H2,1H3. The average molecular weight is 254 g/mol. The zero-order valence-electron chi connectivity index (χ0n) is 8.09. The van der Waals surface area contributed by atoms with Crippen molar-refractivity contribution in [3.05, 3.63) is 28.2 Å². The van der Waals surface area contributed by atoms with Gasteiger partial charge in [-0.05, 0) is 46.5 Å². The summed E-state index contributed by atoms with van der Waals surface area (Å²) in [5, 5.41) is 0. The third-order valence-electron chi connectivity index (χ3n) is 2.00. The van der Waals surface area contributed by atoms with E-state index >= 15 is 0 Å². The number of isocyanates is 1. The summed E-state index contributed by atoms with van der Waals surface area (Å²) in [6.45, 7) is 2.17. The molecule has 3 heteroatoms. The van der Waals surface area contributed by atoms with Gasteiger partial charge in [-0.1, -0.05) is 19.4 Å². The topological polar surface area (TPSA) is 29.4 Å². The molecule has 0 aromatic heterocycles.